The number of aldehydes is 1. The standard InChI is InChI=1S/C10H9BrO3S/c11-9-2-1-3-10-8(9)6-7(4-5-12)15(10,13)14/h1-3,5,7H,4,6H2. The molecule has 3 nitrogen and oxygen atoms in total. The predicted octanol–water partition coefficient (Wildman–Crippen LogP) is 1.74. The molecule has 0 bridgehead atoms. The molecule has 1 aliphatic heterocycles. The zero-order chi connectivity index (χ0) is 11.1. The van der Waals surface area contributed by atoms with Crippen molar-refractivity contribution in [1.82, 2.24) is 0 Å². The number of sulfone groups is 1. The van der Waals surface area contributed by atoms with Gasteiger partial charge in [0.2, 0.25) is 0 Å². The van der Waals surface area contributed by atoms with Crippen LogP contribution >= 0.6 is 15.9 Å². The van der Waals surface area contributed by atoms with Gasteiger partial charge >= 0.3 is 0 Å². The number of fused-ring (bicyclic) bond motifs is 1. The second kappa shape index (κ2) is 3.72. The van der Waals surface area contributed by atoms with Gasteiger partial charge in [-0.1, -0.05) is 22.0 Å². The Balaban J connectivity index is 2.57. The second-order valence-electron chi connectivity index (χ2n) is 3.49. The van der Waals surface area contributed by atoms with Gasteiger partial charge < -0.3 is 4.79 Å². The lowest BCUT2D eigenvalue weighted by atomic mass is 10.1. The number of halogens is 1. The van der Waals surface area contributed by atoms with E-state index in [1.54, 1.807) is 12.1 Å². The van der Waals surface area contributed by atoms with Crippen LogP contribution < -0.4 is 0 Å². The number of benzene rings is 1. The minimum Gasteiger partial charge on any atom is -0.303 e. The molecule has 0 aliphatic carbocycles. The van der Waals surface area contributed by atoms with Crippen LogP contribution in [0.2, 0.25) is 0 Å². The van der Waals surface area contributed by atoms with Gasteiger partial charge in [-0.2, -0.15) is 0 Å². The van der Waals surface area contributed by atoms with E-state index in [0.29, 0.717) is 17.6 Å². The Labute approximate surface area is 96.5 Å². The van der Waals surface area contributed by atoms with Crippen LogP contribution in [0, 0.1) is 0 Å². The molecule has 1 aromatic rings. The summed E-state index contributed by atoms with van der Waals surface area (Å²) in [7, 11) is -3.29. The molecule has 5 heteroatoms. The topological polar surface area (TPSA) is 51.2 Å². The van der Waals surface area contributed by atoms with E-state index in [-0.39, 0.29) is 6.42 Å². The molecule has 0 aromatic heterocycles. The van der Waals surface area contributed by atoms with Crippen LogP contribution in [0.25, 0.3) is 0 Å². The van der Waals surface area contributed by atoms with Crippen molar-refractivity contribution in [3.8, 4) is 0 Å². The Morgan fingerprint density at radius 2 is 2.20 bits per heavy atom. The monoisotopic (exact) mass is 288 g/mol. The lowest BCUT2D eigenvalue weighted by molar-refractivity contribution is -0.107. The summed E-state index contributed by atoms with van der Waals surface area (Å²) in [6.07, 6.45) is 1.17. The molecule has 0 amide bonds. The van der Waals surface area contributed by atoms with Crippen molar-refractivity contribution < 1.29 is 13.2 Å². The van der Waals surface area contributed by atoms with E-state index >= 15 is 0 Å². The van der Waals surface area contributed by atoms with Crippen molar-refractivity contribution in [2.24, 2.45) is 0 Å². The zero-order valence-corrected chi connectivity index (χ0v) is 10.2. The fourth-order valence-electron chi connectivity index (χ4n) is 1.84. The molecule has 0 saturated heterocycles. The van der Waals surface area contributed by atoms with Gasteiger partial charge in [-0.25, -0.2) is 8.42 Å². The average Bonchev–Trinajstić information content (AvgIpc) is 2.43. The van der Waals surface area contributed by atoms with Gasteiger partial charge in [-0.3, -0.25) is 0 Å². The Hall–Kier alpha value is -0.680. The lowest BCUT2D eigenvalue weighted by Crippen LogP contribution is -2.17. The molecule has 1 aliphatic rings. The van der Waals surface area contributed by atoms with Crippen molar-refractivity contribution in [3.05, 3.63) is 28.2 Å². The van der Waals surface area contributed by atoms with Gasteiger partial charge in [0.05, 0.1) is 10.1 Å². The van der Waals surface area contributed by atoms with Crippen molar-refractivity contribution in [1.29, 1.82) is 0 Å². The van der Waals surface area contributed by atoms with E-state index in [1.807, 2.05) is 6.07 Å². The highest BCUT2D eigenvalue weighted by molar-refractivity contribution is 9.10. The molecule has 0 N–H and O–H groups in total. The highest BCUT2D eigenvalue weighted by Gasteiger charge is 2.37. The highest BCUT2D eigenvalue weighted by atomic mass is 79.9. The number of hydrogen-bond donors (Lipinski definition) is 0. The molecule has 0 spiro atoms. The summed E-state index contributed by atoms with van der Waals surface area (Å²) in [5, 5.41) is -0.580. The van der Waals surface area contributed by atoms with E-state index in [9.17, 15) is 13.2 Å². The third-order valence-electron chi connectivity index (χ3n) is 2.61. The van der Waals surface area contributed by atoms with E-state index in [2.05, 4.69) is 15.9 Å². The normalized spacial score (nSPS) is 22.3. The van der Waals surface area contributed by atoms with Gasteiger partial charge in [-0.15, -0.1) is 0 Å². The molecule has 1 aromatic carbocycles. The molecule has 1 atom stereocenters. The summed E-state index contributed by atoms with van der Waals surface area (Å²) in [6.45, 7) is 0. The maximum absolute atomic E-state index is 11.9. The molecule has 1 heterocycles. The van der Waals surface area contributed by atoms with Gasteiger partial charge in [0.1, 0.15) is 6.29 Å². The van der Waals surface area contributed by atoms with Crippen molar-refractivity contribution in [2.45, 2.75) is 23.0 Å². The van der Waals surface area contributed by atoms with E-state index in [0.717, 1.165) is 10.0 Å². The SMILES string of the molecule is O=CCC1Cc2c(Br)cccc2S1(=O)=O. The number of carbonyl (C=O) groups is 1. The second-order valence-corrected chi connectivity index (χ2v) is 6.54. The summed E-state index contributed by atoms with van der Waals surface area (Å²) in [6, 6.07) is 5.11. The molecule has 80 valence electrons. The zero-order valence-electron chi connectivity index (χ0n) is 7.81. The Morgan fingerprint density at radius 3 is 2.80 bits per heavy atom. The first-order chi connectivity index (χ1) is 7.07. The van der Waals surface area contributed by atoms with Crippen LogP contribution in [0.1, 0.15) is 12.0 Å². The molecule has 15 heavy (non-hydrogen) atoms. The van der Waals surface area contributed by atoms with E-state index < -0.39 is 15.1 Å². The van der Waals surface area contributed by atoms with Crippen molar-refractivity contribution in [2.75, 3.05) is 0 Å². The number of carbonyl (C=O) groups excluding carboxylic acids is 1. The van der Waals surface area contributed by atoms with Gasteiger partial charge in [-0.05, 0) is 24.1 Å². The van der Waals surface area contributed by atoms with Crippen molar-refractivity contribution in [3.63, 3.8) is 0 Å². The van der Waals surface area contributed by atoms with Crippen molar-refractivity contribution >= 4 is 32.1 Å². The summed E-state index contributed by atoms with van der Waals surface area (Å²) < 4.78 is 24.7. The molecule has 1 unspecified atom stereocenters. The Morgan fingerprint density at radius 1 is 1.47 bits per heavy atom. The molecule has 0 radical (unpaired) electrons. The number of rotatable bonds is 2. The first-order valence-corrected chi connectivity index (χ1v) is 6.86. The third kappa shape index (κ3) is 1.63. The average molecular weight is 289 g/mol. The van der Waals surface area contributed by atoms with Crippen LogP contribution in [0.3, 0.4) is 0 Å². The Kier molecular flexibility index (Phi) is 2.68. The first-order valence-electron chi connectivity index (χ1n) is 4.52. The van der Waals surface area contributed by atoms with Gasteiger partial charge in [0, 0.05) is 10.9 Å². The summed E-state index contributed by atoms with van der Waals surface area (Å²) in [5.41, 5.74) is 0.796. The Bertz CT molecular complexity index is 507. The summed E-state index contributed by atoms with van der Waals surface area (Å²) in [5.74, 6) is 0. The summed E-state index contributed by atoms with van der Waals surface area (Å²) >= 11 is 3.32. The quantitative estimate of drug-likeness (QED) is 0.779. The van der Waals surface area contributed by atoms with Crippen LogP contribution in [0.5, 0.6) is 0 Å². The minimum atomic E-state index is -3.29. The largest absolute Gasteiger partial charge is 0.303 e. The van der Waals surface area contributed by atoms with Gasteiger partial charge in [0.25, 0.3) is 0 Å². The lowest BCUT2D eigenvalue weighted by Gasteiger charge is -2.03. The van der Waals surface area contributed by atoms with Crippen LogP contribution in [0.15, 0.2) is 27.6 Å². The van der Waals surface area contributed by atoms with Crippen LogP contribution in [-0.4, -0.2) is 20.0 Å². The number of hydrogen-bond acceptors (Lipinski definition) is 3. The van der Waals surface area contributed by atoms with Crippen LogP contribution in [0.4, 0.5) is 0 Å². The maximum atomic E-state index is 11.9. The van der Waals surface area contributed by atoms with Crippen LogP contribution in [-0.2, 0) is 21.1 Å². The highest BCUT2D eigenvalue weighted by Crippen LogP contribution is 2.36. The van der Waals surface area contributed by atoms with Gasteiger partial charge in [0.15, 0.2) is 9.84 Å². The third-order valence-corrected chi connectivity index (χ3v) is 5.59. The minimum absolute atomic E-state index is 0.0729. The molecule has 2 rings (SSSR count). The molecular weight excluding hydrogens is 280 g/mol. The molecular formula is C10H9BrO3S. The van der Waals surface area contributed by atoms with E-state index in [4.69, 9.17) is 0 Å². The predicted molar refractivity (Wildman–Crippen MR) is 59.5 cm³/mol. The maximum Gasteiger partial charge on any atom is 0.182 e. The molecule has 0 fully saturated rings. The first kappa shape index (κ1) is 10.8. The molecule has 0 saturated carbocycles. The smallest absolute Gasteiger partial charge is 0.182 e. The van der Waals surface area contributed by atoms with E-state index in [1.165, 1.54) is 0 Å². The fourth-order valence-corrected chi connectivity index (χ4v) is 4.38. The summed E-state index contributed by atoms with van der Waals surface area (Å²) in [4.78, 5) is 10.8. The fraction of sp³-hybridized carbons (Fsp3) is 0.300.